The van der Waals surface area contributed by atoms with Crippen LogP contribution >= 0.6 is 13.5 Å². The molecule has 0 saturated heterocycles. The predicted octanol–water partition coefficient (Wildman–Crippen LogP) is 0.675. The molecule has 7 nitrogen and oxygen atoms in total. The summed E-state index contributed by atoms with van der Waals surface area (Å²) in [6.07, 6.45) is -0.596. The molecule has 0 aromatic carbocycles. The molecule has 0 aromatic rings. The van der Waals surface area contributed by atoms with Crippen LogP contribution in [-0.4, -0.2) is 41.8 Å². The maximum absolute atomic E-state index is 12.2. The standard InChI is InChI=1S/C15H26N2O5.H2S/c1-8(2)14(10(5)18)17-15(21)12(16-11(6)19)7-13(20)22-9(3)4;/h8-9,12,14H,7H2,1-6H3,(H,16,19)(H,17,21);1H2. The van der Waals surface area contributed by atoms with Crippen molar-refractivity contribution in [1.82, 2.24) is 10.6 Å². The number of ketones is 1. The lowest BCUT2D eigenvalue weighted by atomic mass is 10.00. The zero-order valence-corrected chi connectivity index (χ0v) is 15.6. The molecule has 23 heavy (non-hydrogen) atoms. The molecule has 0 aromatic heterocycles. The fourth-order valence-corrected chi connectivity index (χ4v) is 1.92. The molecule has 2 N–H and O–H groups in total. The van der Waals surface area contributed by atoms with Crippen molar-refractivity contribution in [2.24, 2.45) is 5.92 Å². The smallest absolute Gasteiger partial charge is 0.308 e. The number of hydrogen-bond donors (Lipinski definition) is 2. The summed E-state index contributed by atoms with van der Waals surface area (Å²) in [5, 5.41) is 4.97. The second-order valence-electron chi connectivity index (χ2n) is 5.84. The Kier molecular flexibility index (Phi) is 11.4. The molecule has 0 rings (SSSR count). The van der Waals surface area contributed by atoms with E-state index in [0.717, 1.165) is 0 Å². The van der Waals surface area contributed by atoms with Gasteiger partial charge in [-0.15, -0.1) is 0 Å². The van der Waals surface area contributed by atoms with Gasteiger partial charge < -0.3 is 15.4 Å². The molecule has 0 aliphatic rings. The lowest BCUT2D eigenvalue weighted by Gasteiger charge is -2.23. The Morgan fingerprint density at radius 1 is 0.957 bits per heavy atom. The fraction of sp³-hybridized carbons (Fsp3) is 0.733. The molecule has 2 unspecified atom stereocenters. The maximum atomic E-state index is 12.2. The number of hydrogen-bond acceptors (Lipinski definition) is 5. The van der Waals surface area contributed by atoms with Crippen LogP contribution in [0.2, 0.25) is 0 Å². The van der Waals surface area contributed by atoms with Crippen LogP contribution in [0.5, 0.6) is 0 Å². The van der Waals surface area contributed by atoms with Gasteiger partial charge in [-0.25, -0.2) is 0 Å². The van der Waals surface area contributed by atoms with Crippen LogP contribution in [0, 0.1) is 5.92 Å². The van der Waals surface area contributed by atoms with E-state index >= 15 is 0 Å². The summed E-state index contributed by atoms with van der Waals surface area (Å²) in [5.41, 5.74) is 0. The summed E-state index contributed by atoms with van der Waals surface area (Å²) >= 11 is 0. The minimum atomic E-state index is -1.07. The van der Waals surface area contributed by atoms with E-state index in [2.05, 4.69) is 10.6 Å². The summed E-state index contributed by atoms with van der Waals surface area (Å²) < 4.78 is 4.98. The Labute approximate surface area is 144 Å². The number of carbonyl (C=O) groups excluding carboxylic acids is 4. The third-order valence-corrected chi connectivity index (χ3v) is 2.83. The molecule has 0 spiro atoms. The molecule has 0 aliphatic heterocycles. The van der Waals surface area contributed by atoms with Gasteiger partial charge in [0.2, 0.25) is 11.8 Å². The minimum Gasteiger partial charge on any atom is -0.463 e. The van der Waals surface area contributed by atoms with Gasteiger partial charge in [-0.05, 0) is 26.7 Å². The molecule has 2 amide bonds. The third kappa shape index (κ3) is 9.93. The zero-order valence-electron chi connectivity index (χ0n) is 14.6. The molecular weight excluding hydrogens is 320 g/mol. The first-order valence-corrected chi connectivity index (χ1v) is 7.32. The van der Waals surface area contributed by atoms with Crippen LogP contribution in [0.3, 0.4) is 0 Å². The molecule has 8 heteroatoms. The summed E-state index contributed by atoms with van der Waals surface area (Å²) in [5.74, 6) is -1.89. The number of ether oxygens (including phenoxy) is 1. The van der Waals surface area contributed by atoms with E-state index in [9.17, 15) is 19.2 Å². The van der Waals surface area contributed by atoms with E-state index in [-0.39, 0.29) is 37.7 Å². The SMILES string of the molecule is CC(=O)NC(CC(=O)OC(C)C)C(=O)NC(C(C)=O)C(C)C.S. The largest absolute Gasteiger partial charge is 0.463 e. The van der Waals surface area contributed by atoms with Crippen molar-refractivity contribution in [3.8, 4) is 0 Å². The summed E-state index contributed by atoms with van der Waals surface area (Å²) in [7, 11) is 0. The predicted molar refractivity (Wildman–Crippen MR) is 91.3 cm³/mol. The summed E-state index contributed by atoms with van der Waals surface area (Å²) in [6, 6.07) is -1.73. The molecule has 0 heterocycles. The van der Waals surface area contributed by atoms with Gasteiger partial charge in [-0.2, -0.15) is 13.5 Å². The van der Waals surface area contributed by atoms with E-state index < -0.39 is 29.9 Å². The van der Waals surface area contributed by atoms with E-state index in [1.165, 1.54) is 13.8 Å². The number of carbonyl (C=O) groups is 4. The molecule has 0 aliphatic carbocycles. The maximum Gasteiger partial charge on any atom is 0.308 e. The topological polar surface area (TPSA) is 102 Å². The van der Waals surface area contributed by atoms with Crippen molar-refractivity contribution in [3.05, 3.63) is 0 Å². The van der Waals surface area contributed by atoms with Gasteiger partial charge in [0, 0.05) is 6.92 Å². The normalized spacial score (nSPS) is 12.9. The second kappa shape index (κ2) is 11.0. The van der Waals surface area contributed by atoms with Crippen molar-refractivity contribution in [3.63, 3.8) is 0 Å². The highest BCUT2D eigenvalue weighted by atomic mass is 32.1. The van der Waals surface area contributed by atoms with Gasteiger partial charge >= 0.3 is 5.97 Å². The summed E-state index contributed by atoms with van der Waals surface area (Å²) in [4.78, 5) is 46.7. The number of esters is 1. The monoisotopic (exact) mass is 348 g/mol. The van der Waals surface area contributed by atoms with Crippen molar-refractivity contribution >= 4 is 37.1 Å². The number of nitrogens with one attached hydrogen (secondary N) is 2. The average molecular weight is 348 g/mol. The molecule has 0 fully saturated rings. The first kappa shape index (κ1) is 23.7. The lowest BCUT2D eigenvalue weighted by Crippen LogP contribution is -2.53. The van der Waals surface area contributed by atoms with Gasteiger partial charge in [0.05, 0.1) is 18.6 Å². The Morgan fingerprint density at radius 2 is 1.48 bits per heavy atom. The van der Waals surface area contributed by atoms with Crippen molar-refractivity contribution in [2.45, 2.75) is 66.2 Å². The van der Waals surface area contributed by atoms with E-state index in [1.807, 2.05) is 0 Å². The van der Waals surface area contributed by atoms with E-state index in [0.29, 0.717) is 0 Å². The van der Waals surface area contributed by atoms with Crippen molar-refractivity contribution in [2.75, 3.05) is 0 Å². The van der Waals surface area contributed by atoms with Crippen LogP contribution < -0.4 is 10.6 Å². The van der Waals surface area contributed by atoms with E-state index in [4.69, 9.17) is 4.74 Å². The van der Waals surface area contributed by atoms with Gasteiger partial charge in [0.25, 0.3) is 0 Å². The Balaban J connectivity index is 0. The third-order valence-electron chi connectivity index (χ3n) is 2.83. The van der Waals surface area contributed by atoms with Crippen LogP contribution in [0.4, 0.5) is 0 Å². The fourth-order valence-electron chi connectivity index (χ4n) is 1.92. The minimum absolute atomic E-state index is 0. The Bertz CT molecular complexity index is 438. The quantitative estimate of drug-likeness (QED) is 0.628. The molecule has 0 radical (unpaired) electrons. The van der Waals surface area contributed by atoms with Crippen LogP contribution in [-0.2, 0) is 23.9 Å². The first-order valence-electron chi connectivity index (χ1n) is 7.32. The molecule has 0 saturated carbocycles. The summed E-state index contributed by atoms with van der Waals surface area (Å²) in [6.45, 7) is 9.61. The lowest BCUT2D eigenvalue weighted by molar-refractivity contribution is -0.149. The van der Waals surface area contributed by atoms with Gasteiger partial charge in [-0.1, -0.05) is 13.8 Å². The van der Waals surface area contributed by atoms with Crippen LogP contribution in [0.15, 0.2) is 0 Å². The van der Waals surface area contributed by atoms with Gasteiger partial charge in [-0.3, -0.25) is 19.2 Å². The number of amides is 2. The highest BCUT2D eigenvalue weighted by molar-refractivity contribution is 7.59. The average Bonchev–Trinajstić information content (AvgIpc) is 2.32. The van der Waals surface area contributed by atoms with Crippen LogP contribution in [0.1, 0.15) is 48.0 Å². The molecule has 134 valence electrons. The molecule has 0 bridgehead atoms. The number of rotatable bonds is 8. The molecular formula is C15H28N2O5S. The number of Topliss-reactive ketones (excluding diaryl/α,β-unsaturated/α-hetero) is 1. The highest BCUT2D eigenvalue weighted by Gasteiger charge is 2.28. The van der Waals surface area contributed by atoms with Gasteiger partial charge in [0.15, 0.2) is 5.78 Å². The molecule has 2 atom stereocenters. The van der Waals surface area contributed by atoms with Crippen LogP contribution in [0.25, 0.3) is 0 Å². The van der Waals surface area contributed by atoms with Gasteiger partial charge in [0.1, 0.15) is 6.04 Å². The zero-order chi connectivity index (χ0) is 17.4. The second-order valence-corrected chi connectivity index (χ2v) is 5.84. The van der Waals surface area contributed by atoms with Crippen molar-refractivity contribution < 1.29 is 23.9 Å². The first-order chi connectivity index (χ1) is 10.0. The Hall–Kier alpha value is -1.57. The van der Waals surface area contributed by atoms with Crippen molar-refractivity contribution in [1.29, 1.82) is 0 Å². The van der Waals surface area contributed by atoms with E-state index in [1.54, 1.807) is 27.7 Å². The highest BCUT2D eigenvalue weighted by Crippen LogP contribution is 2.05. The Morgan fingerprint density at radius 3 is 1.83 bits per heavy atom.